The SMILES string of the molecule is O=C(Nc1ccccc1)C1CCN(c2nc(-c3ccsc3)nc3ccccc23)CC1. The van der Waals surface area contributed by atoms with E-state index in [0.717, 1.165) is 59.7 Å². The first-order valence-electron chi connectivity index (χ1n) is 10.2. The van der Waals surface area contributed by atoms with Crippen LogP contribution in [-0.2, 0) is 4.79 Å². The number of amides is 1. The summed E-state index contributed by atoms with van der Waals surface area (Å²) in [6.07, 6.45) is 1.62. The molecule has 1 aliphatic rings. The van der Waals surface area contributed by atoms with Gasteiger partial charge in [0.05, 0.1) is 5.52 Å². The number of hydrogen-bond acceptors (Lipinski definition) is 5. The summed E-state index contributed by atoms with van der Waals surface area (Å²) in [5.74, 6) is 1.84. The Morgan fingerprint density at radius 2 is 1.73 bits per heavy atom. The Kier molecular flexibility index (Phi) is 5.15. The second-order valence-corrected chi connectivity index (χ2v) is 8.30. The highest BCUT2D eigenvalue weighted by atomic mass is 32.1. The number of anilines is 2. The zero-order chi connectivity index (χ0) is 20.3. The molecule has 6 heteroatoms. The van der Waals surface area contributed by atoms with Crippen molar-refractivity contribution in [2.24, 2.45) is 5.92 Å². The van der Waals surface area contributed by atoms with Gasteiger partial charge in [-0.25, -0.2) is 9.97 Å². The molecule has 0 atom stereocenters. The van der Waals surface area contributed by atoms with Crippen molar-refractivity contribution in [3.8, 4) is 11.4 Å². The van der Waals surface area contributed by atoms with Crippen LogP contribution in [0.5, 0.6) is 0 Å². The molecule has 1 saturated heterocycles. The van der Waals surface area contributed by atoms with Gasteiger partial charge in [-0.1, -0.05) is 30.3 Å². The van der Waals surface area contributed by atoms with Crippen molar-refractivity contribution in [1.82, 2.24) is 9.97 Å². The smallest absolute Gasteiger partial charge is 0.227 e. The highest BCUT2D eigenvalue weighted by Crippen LogP contribution is 2.31. The van der Waals surface area contributed by atoms with Crippen LogP contribution in [0.1, 0.15) is 12.8 Å². The van der Waals surface area contributed by atoms with Gasteiger partial charge in [0.2, 0.25) is 5.91 Å². The molecule has 5 nitrogen and oxygen atoms in total. The van der Waals surface area contributed by atoms with Gasteiger partial charge in [-0.2, -0.15) is 11.3 Å². The Morgan fingerprint density at radius 3 is 2.50 bits per heavy atom. The minimum absolute atomic E-state index is 0.0194. The zero-order valence-corrected chi connectivity index (χ0v) is 17.3. The first kappa shape index (κ1) is 18.8. The summed E-state index contributed by atoms with van der Waals surface area (Å²) in [4.78, 5) is 24.7. The van der Waals surface area contributed by atoms with Crippen molar-refractivity contribution >= 4 is 39.7 Å². The molecule has 1 amide bonds. The Hall–Kier alpha value is -3.25. The highest BCUT2D eigenvalue weighted by Gasteiger charge is 2.27. The highest BCUT2D eigenvalue weighted by molar-refractivity contribution is 7.08. The van der Waals surface area contributed by atoms with Crippen LogP contribution in [0.3, 0.4) is 0 Å². The molecule has 30 heavy (non-hydrogen) atoms. The molecule has 4 aromatic rings. The molecule has 0 spiro atoms. The van der Waals surface area contributed by atoms with Gasteiger partial charge in [0.25, 0.3) is 0 Å². The maximum absolute atomic E-state index is 12.7. The van der Waals surface area contributed by atoms with Crippen LogP contribution < -0.4 is 10.2 Å². The molecular formula is C24H22N4OS. The molecule has 150 valence electrons. The molecule has 0 aliphatic carbocycles. The normalized spacial score (nSPS) is 14.7. The predicted octanol–water partition coefficient (Wildman–Crippen LogP) is 5.21. The largest absolute Gasteiger partial charge is 0.356 e. The van der Waals surface area contributed by atoms with Crippen LogP contribution in [-0.4, -0.2) is 29.0 Å². The molecule has 0 saturated carbocycles. The molecule has 0 radical (unpaired) electrons. The van der Waals surface area contributed by atoms with E-state index in [0.29, 0.717) is 0 Å². The van der Waals surface area contributed by atoms with Gasteiger partial charge in [-0.15, -0.1) is 0 Å². The minimum atomic E-state index is 0.0194. The van der Waals surface area contributed by atoms with E-state index in [-0.39, 0.29) is 11.8 Å². The van der Waals surface area contributed by atoms with Crippen LogP contribution >= 0.6 is 11.3 Å². The number of carbonyl (C=O) groups excluding carboxylic acids is 1. The Labute approximate surface area is 179 Å². The summed E-state index contributed by atoms with van der Waals surface area (Å²) in [6.45, 7) is 1.61. The van der Waals surface area contributed by atoms with E-state index in [1.165, 1.54) is 0 Å². The van der Waals surface area contributed by atoms with Gasteiger partial charge in [-0.05, 0) is 48.6 Å². The summed E-state index contributed by atoms with van der Waals surface area (Å²) >= 11 is 1.65. The average molecular weight is 415 g/mol. The second kappa shape index (κ2) is 8.24. The van der Waals surface area contributed by atoms with Crippen molar-refractivity contribution in [3.05, 3.63) is 71.4 Å². The average Bonchev–Trinajstić information content (AvgIpc) is 3.34. The van der Waals surface area contributed by atoms with Crippen molar-refractivity contribution in [2.75, 3.05) is 23.3 Å². The summed E-state index contributed by atoms with van der Waals surface area (Å²) in [7, 11) is 0. The van der Waals surface area contributed by atoms with E-state index in [2.05, 4.69) is 27.7 Å². The van der Waals surface area contributed by atoms with E-state index in [9.17, 15) is 4.79 Å². The second-order valence-electron chi connectivity index (χ2n) is 7.52. The summed E-state index contributed by atoms with van der Waals surface area (Å²) in [6, 6.07) is 19.9. The van der Waals surface area contributed by atoms with Gasteiger partial charge in [0, 0.05) is 41.0 Å². The van der Waals surface area contributed by atoms with Crippen molar-refractivity contribution in [3.63, 3.8) is 0 Å². The van der Waals surface area contributed by atoms with Gasteiger partial charge in [0.15, 0.2) is 5.82 Å². The van der Waals surface area contributed by atoms with Crippen LogP contribution in [0.4, 0.5) is 11.5 Å². The molecule has 1 fully saturated rings. The van der Waals surface area contributed by atoms with Crippen molar-refractivity contribution in [1.29, 1.82) is 0 Å². The number of carbonyl (C=O) groups is 1. The number of benzene rings is 2. The molecule has 1 aliphatic heterocycles. The number of hydrogen-bond donors (Lipinski definition) is 1. The Morgan fingerprint density at radius 1 is 0.967 bits per heavy atom. The molecule has 1 N–H and O–H groups in total. The monoisotopic (exact) mass is 414 g/mol. The van der Waals surface area contributed by atoms with Crippen LogP contribution in [0.2, 0.25) is 0 Å². The lowest BCUT2D eigenvalue weighted by Crippen LogP contribution is -2.38. The quantitative estimate of drug-likeness (QED) is 0.498. The Balaban J connectivity index is 1.36. The van der Waals surface area contributed by atoms with Crippen molar-refractivity contribution < 1.29 is 4.79 Å². The fourth-order valence-electron chi connectivity index (χ4n) is 3.94. The lowest BCUT2D eigenvalue weighted by molar-refractivity contribution is -0.120. The third-order valence-electron chi connectivity index (χ3n) is 5.57. The maximum Gasteiger partial charge on any atom is 0.227 e. The van der Waals surface area contributed by atoms with E-state index in [1.807, 2.05) is 53.9 Å². The van der Waals surface area contributed by atoms with Crippen LogP contribution in [0.25, 0.3) is 22.3 Å². The standard InChI is InChI=1S/C24H22N4OS/c29-24(25-19-6-2-1-3-7-19)17-10-13-28(14-11-17)23-20-8-4-5-9-21(20)26-22(27-23)18-12-15-30-16-18/h1-9,12,15-17H,10-11,13-14H2,(H,25,29). The van der Waals surface area contributed by atoms with E-state index in [4.69, 9.17) is 9.97 Å². The first-order valence-corrected chi connectivity index (χ1v) is 11.1. The number of nitrogens with one attached hydrogen (secondary N) is 1. The number of nitrogens with zero attached hydrogens (tertiary/aromatic N) is 3. The van der Waals surface area contributed by atoms with Gasteiger partial charge < -0.3 is 10.2 Å². The molecule has 0 unspecified atom stereocenters. The molecular weight excluding hydrogens is 392 g/mol. The number of rotatable bonds is 4. The zero-order valence-electron chi connectivity index (χ0n) is 16.5. The van der Waals surface area contributed by atoms with Gasteiger partial charge in [-0.3, -0.25) is 4.79 Å². The van der Waals surface area contributed by atoms with E-state index in [1.54, 1.807) is 11.3 Å². The lowest BCUT2D eigenvalue weighted by Gasteiger charge is -2.33. The maximum atomic E-state index is 12.7. The molecule has 0 bridgehead atoms. The van der Waals surface area contributed by atoms with Gasteiger partial charge in [0.1, 0.15) is 5.82 Å². The lowest BCUT2D eigenvalue weighted by atomic mass is 9.95. The third-order valence-corrected chi connectivity index (χ3v) is 6.25. The van der Waals surface area contributed by atoms with Crippen LogP contribution in [0, 0.1) is 5.92 Å². The fraction of sp³-hybridized carbons (Fsp3) is 0.208. The number of aromatic nitrogens is 2. The molecule has 2 aromatic heterocycles. The van der Waals surface area contributed by atoms with E-state index < -0.39 is 0 Å². The summed E-state index contributed by atoms with van der Waals surface area (Å²) < 4.78 is 0. The topological polar surface area (TPSA) is 58.1 Å². The van der Waals surface area contributed by atoms with E-state index >= 15 is 0 Å². The fourth-order valence-corrected chi connectivity index (χ4v) is 4.58. The number of thiophene rings is 1. The summed E-state index contributed by atoms with van der Waals surface area (Å²) in [5, 5.41) is 8.22. The summed E-state index contributed by atoms with van der Waals surface area (Å²) in [5.41, 5.74) is 2.85. The van der Waals surface area contributed by atoms with Crippen LogP contribution in [0.15, 0.2) is 71.4 Å². The number of piperidine rings is 1. The number of fused-ring (bicyclic) bond motifs is 1. The number of para-hydroxylation sites is 2. The predicted molar refractivity (Wildman–Crippen MR) is 123 cm³/mol. The van der Waals surface area contributed by atoms with Gasteiger partial charge >= 0.3 is 0 Å². The minimum Gasteiger partial charge on any atom is -0.356 e. The van der Waals surface area contributed by atoms with Crippen molar-refractivity contribution in [2.45, 2.75) is 12.8 Å². The Bertz CT molecular complexity index is 1150. The third kappa shape index (κ3) is 3.78. The molecule has 2 aromatic carbocycles. The molecule has 3 heterocycles. The first-order chi connectivity index (χ1) is 14.8. The molecule has 5 rings (SSSR count).